The second-order valence-corrected chi connectivity index (χ2v) is 4.33. The number of hydrogen-bond acceptors (Lipinski definition) is 3. The Balaban J connectivity index is 2.28. The number of amides is 1. The first kappa shape index (κ1) is 13.2. The third kappa shape index (κ3) is 3.94. The van der Waals surface area contributed by atoms with Gasteiger partial charge in [0.2, 0.25) is 5.91 Å². The van der Waals surface area contributed by atoms with E-state index in [0.29, 0.717) is 18.5 Å². The summed E-state index contributed by atoms with van der Waals surface area (Å²) in [5.41, 5.74) is 0. The van der Waals surface area contributed by atoms with Crippen molar-refractivity contribution in [2.24, 2.45) is 5.92 Å². The average Bonchev–Trinajstić information content (AvgIpc) is 2.79. The van der Waals surface area contributed by atoms with Crippen molar-refractivity contribution in [1.29, 1.82) is 0 Å². The molecule has 2 N–H and O–H groups in total. The lowest BCUT2D eigenvalue weighted by Crippen LogP contribution is -2.48. The quantitative estimate of drug-likeness (QED) is 0.655. The monoisotopic (exact) mass is 226 g/mol. The maximum absolute atomic E-state index is 11.6. The predicted molar refractivity (Wildman–Crippen MR) is 64.2 cm³/mol. The van der Waals surface area contributed by atoms with Crippen LogP contribution < -0.4 is 10.6 Å². The van der Waals surface area contributed by atoms with Crippen LogP contribution in [0, 0.1) is 5.92 Å². The molecule has 3 unspecified atom stereocenters. The first-order chi connectivity index (χ1) is 7.65. The number of rotatable bonds is 6. The molecule has 0 aromatic carbocycles. The molecule has 0 aliphatic carbocycles. The largest absolute Gasteiger partial charge is 0.381 e. The van der Waals surface area contributed by atoms with Crippen molar-refractivity contribution in [3.05, 3.63) is 12.7 Å². The van der Waals surface area contributed by atoms with Crippen LogP contribution >= 0.6 is 0 Å². The first-order valence-corrected chi connectivity index (χ1v) is 5.87. The van der Waals surface area contributed by atoms with E-state index in [9.17, 15) is 4.79 Å². The molecule has 92 valence electrons. The lowest BCUT2D eigenvalue weighted by Gasteiger charge is -2.23. The van der Waals surface area contributed by atoms with Gasteiger partial charge in [0.25, 0.3) is 0 Å². The first-order valence-electron chi connectivity index (χ1n) is 5.87. The Labute approximate surface area is 97.4 Å². The van der Waals surface area contributed by atoms with Gasteiger partial charge in [-0.2, -0.15) is 0 Å². The van der Waals surface area contributed by atoms with E-state index in [-0.39, 0.29) is 11.9 Å². The van der Waals surface area contributed by atoms with Crippen molar-refractivity contribution in [3.8, 4) is 0 Å². The van der Waals surface area contributed by atoms with E-state index in [1.165, 1.54) is 0 Å². The third-order valence-corrected chi connectivity index (χ3v) is 3.00. The van der Waals surface area contributed by atoms with Crippen LogP contribution in [0.4, 0.5) is 0 Å². The van der Waals surface area contributed by atoms with Gasteiger partial charge in [0, 0.05) is 19.2 Å². The van der Waals surface area contributed by atoms with Gasteiger partial charge in [-0.15, -0.1) is 6.58 Å². The van der Waals surface area contributed by atoms with Crippen LogP contribution in [-0.2, 0) is 9.53 Å². The number of hydrogen-bond donors (Lipinski definition) is 2. The normalized spacial score (nSPS) is 23.8. The summed E-state index contributed by atoms with van der Waals surface area (Å²) in [5.74, 6) is 0.542. The van der Waals surface area contributed by atoms with Gasteiger partial charge < -0.3 is 15.4 Å². The van der Waals surface area contributed by atoms with Crippen LogP contribution in [0.2, 0.25) is 0 Å². The second-order valence-electron chi connectivity index (χ2n) is 4.33. The minimum Gasteiger partial charge on any atom is -0.381 e. The Kier molecular flexibility index (Phi) is 5.49. The summed E-state index contributed by atoms with van der Waals surface area (Å²) in [5, 5.41) is 6.08. The molecule has 4 heteroatoms. The maximum Gasteiger partial charge on any atom is 0.237 e. The molecular weight excluding hydrogens is 204 g/mol. The molecule has 1 aliphatic heterocycles. The fraction of sp³-hybridized carbons (Fsp3) is 0.750. The van der Waals surface area contributed by atoms with Crippen LogP contribution in [0.5, 0.6) is 0 Å². The van der Waals surface area contributed by atoms with Gasteiger partial charge in [0.15, 0.2) is 0 Å². The van der Waals surface area contributed by atoms with Crippen LogP contribution in [0.3, 0.4) is 0 Å². The van der Waals surface area contributed by atoms with Gasteiger partial charge in [-0.3, -0.25) is 4.79 Å². The highest BCUT2D eigenvalue weighted by atomic mass is 16.5. The fourth-order valence-electron chi connectivity index (χ4n) is 1.88. The summed E-state index contributed by atoms with van der Waals surface area (Å²) < 4.78 is 5.33. The number of carbonyl (C=O) groups excluding carboxylic acids is 1. The van der Waals surface area contributed by atoms with Crippen LogP contribution in [0.25, 0.3) is 0 Å². The van der Waals surface area contributed by atoms with Crippen molar-refractivity contribution in [3.63, 3.8) is 0 Å². The summed E-state index contributed by atoms with van der Waals surface area (Å²) >= 11 is 0. The highest BCUT2D eigenvalue weighted by molar-refractivity contribution is 5.81. The lowest BCUT2D eigenvalue weighted by molar-refractivity contribution is -0.122. The summed E-state index contributed by atoms with van der Waals surface area (Å²) in [6.07, 6.45) is 2.76. The molecule has 0 radical (unpaired) electrons. The Morgan fingerprint density at radius 2 is 2.38 bits per heavy atom. The van der Waals surface area contributed by atoms with E-state index in [4.69, 9.17) is 4.74 Å². The molecule has 3 atom stereocenters. The molecule has 4 nitrogen and oxygen atoms in total. The molecule has 16 heavy (non-hydrogen) atoms. The van der Waals surface area contributed by atoms with Crippen molar-refractivity contribution in [2.75, 3.05) is 19.8 Å². The van der Waals surface area contributed by atoms with Crippen LogP contribution in [0.15, 0.2) is 12.7 Å². The molecule has 0 spiro atoms. The Morgan fingerprint density at radius 1 is 1.62 bits per heavy atom. The summed E-state index contributed by atoms with van der Waals surface area (Å²) in [6.45, 7) is 9.71. The van der Waals surface area contributed by atoms with E-state index in [2.05, 4.69) is 24.1 Å². The summed E-state index contributed by atoms with van der Waals surface area (Å²) in [4.78, 5) is 11.6. The molecule has 1 saturated heterocycles. The van der Waals surface area contributed by atoms with Gasteiger partial charge >= 0.3 is 0 Å². The van der Waals surface area contributed by atoms with Crippen molar-refractivity contribution < 1.29 is 9.53 Å². The maximum atomic E-state index is 11.6. The van der Waals surface area contributed by atoms with E-state index in [1.54, 1.807) is 6.08 Å². The molecule has 0 bridgehead atoms. The molecule has 1 amide bonds. The zero-order valence-corrected chi connectivity index (χ0v) is 10.2. The third-order valence-electron chi connectivity index (χ3n) is 3.00. The van der Waals surface area contributed by atoms with Gasteiger partial charge in [-0.25, -0.2) is 0 Å². The van der Waals surface area contributed by atoms with Crippen LogP contribution in [0.1, 0.15) is 20.3 Å². The molecule has 0 aromatic rings. The van der Waals surface area contributed by atoms with E-state index >= 15 is 0 Å². The molecular formula is C12H22N2O2. The Morgan fingerprint density at radius 3 is 2.94 bits per heavy atom. The molecule has 1 fully saturated rings. The van der Waals surface area contributed by atoms with E-state index in [0.717, 1.165) is 19.6 Å². The predicted octanol–water partition coefficient (Wildman–Crippen LogP) is 0.692. The number of carbonyl (C=O) groups is 1. The van der Waals surface area contributed by atoms with Gasteiger partial charge in [-0.1, -0.05) is 6.08 Å². The smallest absolute Gasteiger partial charge is 0.237 e. The molecule has 1 heterocycles. The standard InChI is InChI=1S/C12H22N2O2/c1-4-6-13-12(15)10(3)14-9(2)11-5-7-16-8-11/h4,9-11,14H,1,5-8H2,2-3H3,(H,13,15). The molecule has 1 rings (SSSR count). The van der Waals surface area contributed by atoms with Crippen molar-refractivity contribution in [1.82, 2.24) is 10.6 Å². The Hall–Kier alpha value is -0.870. The van der Waals surface area contributed by atoms with Gasteiger partial charge in [0.1, 0.15) is 0 Å². The number of nitrogens with one attached hydrogen (secondary N) is 2. The van der Waals surface area contributed by atoms with E-state index < -0.39 is 0 Å². The minimum atomic E-state index is -0.171. The highest BCUT2D eigenvalue weighted by Crippen LogP contribution is 2.16. The highest BCUT2D eigenvalue weighted by Gasteiger charge is 2.24. The van der Waals surface area contributed by atoms with Gasteiger partial charge in [0.05, 0.1) is 12.6 Å². The topological polar surface area (TPSA) is 50.4 Å². The van der Waals surface area contributed by atoms with Crippen LogP contribution in [-0.4, -0.2) is 37.7 Å². The van der Waals surface area contributed by atoms with E-state index in [1.807, 2.05) is 6.92 Å². The molecule has 0 aromatic heterocycles. The average molecular weight is 226 g/mol. The summed E-state index contributed by atoms with van der Waals surface area (Å²) in [7, 11) is 0. The zero-order chi connectivity index (χ0) is 12.0. The molecule has 0 saturated carbocycles. The van der Waals surface area contributed by atoms with Crippen molar-refractivity contribution in [2.45, 2.75) is 32.4 Å². The zero-order valence-electron chi connectivity index (χ0n) is 10.2. The fourth-order valence-corrected chi connectivity index (χ4v) is 1.88. The Bertz CT molecular complexity index is 237. The van der Waals surface area contributed by atoms with Gasteiger partial charge in [-0.05, 0) is 26.2 Å². The molecule has 1 aliphatic rings. The SMILES string of the molecule is C=CCNC(=O)C(C)NC(C)C1CCOC1. The lowest BCUT2D eigenvalue weighted by atomic mass is 10.00. The second kappa shape index (κ2) is 6.66. The minimum absolute atomic E-state index is 0.0191. The number of ether oxygens (including phenoxy) is 1. The summed E-state index contributed by atoms with van der Waals surface area (Å²) in [6, 6.07) is 0.141. The van der Waals surface area contributed by atoms with Crippen molar-refractivity contribution >= 4 is 5.91 Å².